The maximum atomic E-state index is 13.9. The van der Waals surface area contributed by atoms with E-state index >= 15 is 0 Å². The highest BCUT2D eigenvalue weighted by atomic mass is 35.5. The molecule has 0 spiro atoms. The molecule has 4 nitrogen and oxygen atoms in total. The number of carboxylic acid groups (broad SMARTS) is 1. The van der Waals surface area contributed by atoms with Crippen LogP contribution in [0.1, 0.15) is 32.3 Å². The van der Waals surface area contributed by atoms with Gasteiger partial charge in [-0.1, -0.05) is 31.0 Å². The van der Waals surface area contributed by atoms with Gasteiger partial charge >= 0.3 is 11.9 Å². The van der Waals surface area contributed by atoms with Crippen molar-refractivity contribution in [3.8, 4) is 0 Å². The van der Waals surface area contributed by atoms with E-state index in [2.05, 4.69) is 0 Å². The summed E-state index contributed by atoms with van der Waals surface area (Å²) in [5.41, 5.74) is -1.65. The summed E-state index contributed by atoms with van der Waals surface area (Å²) in [6.45, 7) is 3.43. The highest BCUT2D eigenvalue weighted by Gasteiger charge is 2.47. The van der Waals surface area contributed by atoms with Crippen molar-refractivity contribution < 1.29 is 23.8 Å². The van der Waals surface area contributed by atoms with Crippen molar-refractivity contribution in [3.05, 3.63) is 34.6 Å². The van der Waals surface area contributed by atoms with Gasteiger partial charge in [0, 0.05) is 11.4 Å². The molecular formula is C15H18ClFO4. The standard InChI is InChI=1S/C15H18ClFO4/c1-3-7-15(13(18)19,14(20)21-4-2)9-10-5-6-11(16)8-12(10)17/h5-6,8H,3-4,7,9H2,1-2H3,(H,18,19). The van der Waals surface area contributed by atoms with Crippen LogP contribution >= 0.6 is 11.6 Å². The Morgan fingerprint density at radius 1 is 1.38 bits per heavy atom. The normalized spacial score (nSPS) is 13.5. The first-order chi connectivity index (χ1) is 9.87. The summed E-state index contributed by atoms with van der Waals surface area (Å²) in [5.74, 6) is -2.78. The third-order valence-corrected chi connectivity index (χ3v) is 3.49. The molecule has 1 atom stereocenters. The number of carboxylic acids is 1. The second kappa shape index (κ2) is 7.41. The van der Waals surface area contributed by atoms with E-state index in [1.54, 1.807) is 13.8 Å². The summed E-state index contributed by atoms with van der Waals surface area (Å²) in [5, 5.41) is 9.72. The Labute approximate surface area is 127 Å². The molecule has 21 heavy (non-hydrogen) atoms. The molecule has 0 saturated heterocycles. The van der Waals surface area contributed by atoms with Gasteiger partial charge in [0.05, 0.1) is 6.61 Å². The lowest BCUT2D eigenvalue weighted by Crippen LogP contribution is -2.43. The molecule has 1 unspecified atom stereocenters. The fourth-order valence-electron chi connectivity index (χ4n) is 2.22. The molecule has 0 radical (unpaired) electrons. The molecular weight excluding hydrogens is 299 g/mol. The van der Waals surface area contributed by atoms with E-state index < -0.39 is 23.2 Å². The van der Waals surface area contributed by atoms with Gasteiger partial charge in [0.15, 0.2) is 5.41 Å². The van der Waals surface area contributed by atoms with Gasteiger partial charge in [-0.25, -0.2) is 4.39 Å². The van der Waals surface area contributed by atoms with Gasteiger partial charge in [0.2, 0.25) is 0 Å². The van der Waals surface area contributed by atoms with Gasteiger partial charge in [-0.3, -0.25) is 9.59 Å². The van der Waals surface area contributed by atoms with Crippen molar-refractivity contribution in [1.82, 2.24) is 0 Å². The van der Waals surface area contributed by atoms with E-state index in [4.69, 9.17) is 16.3 Å². The fourth-order valence-corrected chi connectivity index (χ4v) is 2.38. The second-order valence-electron chi connectivity index (χ2n) is 4.77. The lowest BCUT2D eigenvalue weighted by atomic mass is 9.77. The van der Waals surface area contributed by atoms with Crippen LogP contribution in [0.25, 0.3) is 0 Å². The topological polar surface area (TPSA) is 63.6 Å². The fraction of sp³-hybridized carbons (Fsp3) is 0.467. The van der Waals surface area contributed by atoms with Crippen LogP contribution < -0.4 is 0 Å². The average molecular weight is 317 g/mol. The molecule has 0 saturated carbocycles. The summed E-state index contributed by atoms with van der Waals surface area (Å²) in [6, 6.07) is 3.95. The molecule has 0 heterocycles. The molecule has 1 aromatic rings. The summed E-state index contributed by atoms with van der Waals surface area (Å²) < 4.78 is 18.8. The number of carbonyl (C=O) groups excluding carboxylic acids is 1. The van der Waals surface area contributed by atoms with Crippen LogP contribution in [0.15, 0.2) is 18.2 Å². The SMILES string of the molecule is CCCC(Cc1ccc(Cl)cc1F)(C(=O)O)C(=O)OCC. The highest BCUT2D eigenvalue weighted by Crippen LogP contribution is 2.32. The number of carbonyl (C=O) groups is 2. The first-order valence-corrected chi connectivity index (χ1v) is 7.09. The maximum Gasteiger partial charge on any atom is 0.323 e. The van der Waals surface area contributed by atoms with E-state index in [9.17, 15) is 19.1 Å². The summed E-state index contributed by atoms with van der Waals surface area (Å²) >= 11 is 5.68. The second-order valence-corrected chi connectivity index (χ2v) is 5.21. The Bertz CT molecular complexity index is 532. The minimum Gasteiger partial charge on any atom is -0.480 e. The zero-order chi connectivity index (χ0) is 16.0. The molecule has 0 bridgehead atoms. The molecule has 1 rings (SSSR count). The largest absolute Gasteiger partial charge is 0.480 e. The quantitative estimate of drug-likeness (QED) is 0.618. The maximum absolute atomic E-state index is 13.9. The average Bonchev–Trinajstić information content (AvgIpc) is 2.40. The number of benzene rings is 1. The molecule has 0 aliphatic rings. The molecule has 0 aliphatic carbocycles. The van der Waals surface area contributed by atoms with Gasteiger partial charge in [0.1, 0.15) is 5.82 Å². The molecule has 0 fully saturated rings. The van der Waals surface area contributed by atoms with E-state index in [-0.39, 0.29) is 30.0 Å². The summed E-state index contributed by atoms with van der Waals surface area (Å²) in [6.07, 6.45) is 0.265. The lowest BCUT2D eigenvalue weighted by Gasteiger charge is -2.27. The summed E-state index contributed by atoms with van der Waals surface area (Å²) in [4.78, 5) is 23.8. The number of hydrogen-bond acceptors (Lipinski definition) is 3. The van der Waals surface area contributed by atoms with Crippen LogP contribution in [0.2, 0.25) is 5.02 Å². The van der Waals surface area contributed by atoms with Gasteiger partial charge in [0.25, 0.3) is 0 Å². The number of ether oxygens (including phenoxy) is 1. The Hall–Kier alpha value is -1.62. The van der Waals surface area contributed by atoms with Gasteiger partial charge < -0.3 is 9.84 Å². The van der Waals surface area contributed by atoms with Crippen LogP contribution in [-0.2, 0) is 20.7 Å². The van der Waals surface area contributed by atoms with Crippen molar-refractivity contribution in [2.24, 2.45) is 5.41 Å². The number of aliphatic carboxylic acids is 1. The predicted molar refractivity (Wildman–Crippen MR) is 76.7 cm³/mol. The molecule has 0 amide bonds. The van der Waals surface area contributed by atoms with Crippen molar-refractivity contribution in [1.29, 1.82) is 0 Å². The lowest BCUT2D eigenvalue weighted by molar-refractivity contribution is -0.169. The van der Waals surface area contributed by atoms with Gasteiger partial charge in [-0.15, -0.1) is 0 Å². The van der Waals surface area contributed by atoms with Crippen molar-refractivity contribution >= 4 is 23.5 Å². The van der Waals surface area contributed by atoms with E-state index in [1.807, 2.05) is 0 Å². The highest BCUT2D eigenvalue weighted by molar-refractivity contribution is 6.30. The molecule has 116 valence electrons. The zero-order valence-electron chi connectivity index (χ0n) is 12.0. The number of halogens is 2. The first-order valence-electron chi connectivity index (χ1n) is 6.72. The van der Waals surface area contributed by atoms with Crippen molar-refractivity contribution in [2.45, 2.75) is 33.1 Å². The van der Waals surface area contributed by atoms with Crippen LogP contribution in [-0.4, -0.2) is 23.7 Å². The third-order valence-electron chi connectivity index (χ3n) is 3.26. The van der Waals surface area contributed by atoms with Crippen LogP contribution in [0.4, 0.5) is 4.39 Å². The Kier molecular flexibility index (Phi) is 6.15. The van der Waals surface area contributed by atoms with E-state index in [0.29, 0.717) is 6.42 Å². The Balaban J connectivity index is 3.22. The van der Waals surface area contributed by atoms with Gasteiger partial charge in [-0.05, 0) is 31.0 Å². The number of esters is 1. The Morgan fingerprint density at radius 2 is 2.05 bits per heavy atom. The van der Waals surface area contributed by atoms with Crippen LogP contribution in [0, 0.1) is 11.2 Å². The molecule has 6 heteroatoms. The van der Waals surface area contributed by atoms with Crippen molar-refractivity contribution in [3.63, 3.8) is 0 Å². The monoisotopic (exact) mass is 316 g/mol. The van der Waals surface area contributed by atoms with Gasteiger partial charge in [-0.2, -0.15) is 0 Å². The smallest absolute Gasteiger partial charge is 0.323 e. The molecule has 0 aliphatic heterocycles. The van der Waals surface area contributed by atoms with E-state index in [1.165, 1.54) is 12.1 Å². The molecule has 1 aromatic carbocycles. The third kappa shape index (κ3) is 3.94. The summed E-state index contributed by atoms with van der Waals surface area (Å²) in [7, 11) is 0. The minimum atomic E-state index is -1.78. The first kappa shape index (κ1) is 17.4. The minimum absolute atomic E-state index is 0.0701. The Morgan fingerprint density at radius 3 is 2.52 bits per heavy atom. The van der Waals surface area contributed by atoms with E-state index in [0.717, 1.165) is 6.07 Å². The zero-order valence-corrected chi connectivity index (χ0v) is 12.7. The predicted octanol–water partition coefficient (Wildman–Crippen LogP) is 3.46. The molecule has 0 aromatic heterocycles. The van der Waals surface area contributed by atoms with Crippen molar-refractivity contribution in [2.75, 3.05) is 6.61 Å². The number of rotatable bonds is 7. The molecule has 1 N–H and O–H groups in total. The van der Waals surface area contributed by atoms with Crippen LogP contribution in [0.5, 0.6) is 0 Å². The number of hydrogen-bond donors (Lipinski definition) is 1. The van der Waals surface area contributed by atoms with Crippen LogP contribution in [0.3, 0.4) is 0 Å².